The maximum atomic E-state index is 13.9. The topological polar surface area (TPSA) is 81.4 Å². The standard InChI is InChI=1S/C25H23Cl3F6N2O3/c1-23(2,3)19(11-39-22(35)38)36-21(37)14-6-4-12(8-16(14)25(32,33)34)5-7-15(24(29,30)31)13-9-17(26)20(28)18(27)10-13/h4-10,15,19H,11H2,1-3H3,(H2,35,38)(H,36,37)/b7-5+. The van der Waals surface area contributed by atoms with Gasteiger partial charge in [0.05, 0.1) is 38.2 Å². The Balaban J connectivity index is 2.47. The third-order valence-corrected chi connectivity index (χ3v) is 6.73. The van der Waals surface area contributed by atoms with Crippen LogP contribution in [0.5, 0.6) is 0 Å². The van der Waals surface area contributed by atoms with Gasteiger partial charge in [0.15, 0.2) is 0 Å². The highest BCUT2D eigenvalue weighted by atomic mass is 35.5. The molecule has 2 rings (SSSR count). The van der Waals surface area contributed by atoms with E-state index >= 15 is 0 Å². The third kappa shape index (κ3) is 8.94. The summed E-state index contributed by atoms with van der Waals surface area (Å²) in [5.74, 6) is -3.41. The molecule has 5 nitrogen and oxygen atoms in total. The number of hydrogen-bond acceptors (Lipinski definition) is 3. The number of carbonyl (C=O) groups excluding carboxylic acids is 2. The van der Waals surface area contributed by atoms with Crippen molar-refractivity contribution in [3.63, 3.8) is 0 Å². The van der Waals surface area contributed by atoms with Crippen LogP contribution in [0, 0.1) is 5.41 Å². The molecule has 2 amide bonds. The van der Waals surface area contributed by atoms with Crippen LogP contribution in [-0.4, -0.2) is 30.8 Å². The first kappa shape index (κ1) is 32.6. The molecular formula is C25H23Cl3F6N2O3. The Kier molecular flexibility index (Phi) is 10.2. The van der Waals surface area contributed by atoms with Gasteiger partial charge < -0.3 is 15.8 Å². The Morgan fingerprint density at radius 1 is 1.00 bits per heavy atom. The molecular weight excluding hydrogens is 597 g/mol. The summed E-state index contributed by atoms with van der Waals surface area (Å²) in [6, 6.07) is 3.45. The van der Waals surface area contributed by atoms with Crippen LogP contribution in [0.4, 0.5) is 31.1 Å². The lowest BCUT2D eigenvalue weighted by Crippen LogP contribution is -2.47. The van der Waals surface area contributed by atoms with Crippen LogP contribution >= 0.6 is 34.8 Å². The minimum absolute atomic E-state index is 0.148. The van der Waals surface area contributed by atoms with Gasteiger partial charge in [0.2, 0.25) is 0 Å². The lowest BCUT2D eigenvalue weighted by molar-refractivity contribution is -0.139. The van der Waals surface area contributed by atoms with Gasteiger partial charge in [-0.1, -0.05) is 73.8 Å². The average molecular weight is 620 g/mol. The molecule has 2 aromatic carbocycles. The fraction of sp³-hybridized carbons (Fsp3) is 0.360. The summed E-state index contributed by atoms with van der Waals surface area (Å²) >= 11 is 17.5. The number of carbonyl (C=O) groups is 2. The fourth-order valence-electron chi connectivity index (χ4n) is 3.38. The molecule has 2 aromatic rings. The van der Waals surface area contributed by atoms with E-state index < -0.39 is 59.5 Å². The largest absolute Gasteiger partial charge is 0.448 e. The molecule has 0 saturated heterocycles. The molecule has 214 valence electrons. The van der Waals surface area contributed by atoms with E-state index in [2.05, 4.69) is 5.32 Å². The number of primary amides is 1. The van der Waals surface area contributed by atoms with Gasteiger partial charge in [0.1, 0.15) is 6.61 Å². The van der Waals surface area contributed by atoms with Crippen molar-refractivity contribution in [1.29, 1.82) is 0 Å². The van der Waals surface area contributed by atoms with Crippen LogP contribution in [0.25, 0.3) is 6.08 Å². The molecule has 0 bridgehead atoms. The average Bonchev–Trinajstić information content (AvgIpc) is 2.77. The number of allylic oxidation sites excluding steroid dienone is 1. The Morgan fingerprint density at radius 3 is 2.03 bits per heavy atom. The summed E-state index contributed by atoms with van der Waals surface area (Å²) in [7, 11) is 0. The molecule has 0 aliphatic carbocycles. The highest BCUT2D eigenvalue weighted by Crippen LogP contribution is 2.41. The Labute approximate surface area is 235 Å². The van der Waals surface area contributed by atoms with Gasteiger partial charge in [-0.25, -0.2) is 4.79 Å². The van der Waals surface area contributed by atoms with Gasteiger partial charge >= 0.3 is 18.4 Å². The van der Waals surface area contributed by atoms with Crippen LogP contribution < -0.4 is 11.1 Å². The number of nitrogens with one attached hydrogen (secondary N) is 1. The molecule has 0 radical (unpaired) electrons. The molecule has 0 aliphatic heterocycles. The molecule has 39 heavy (non-hydrogen) atoms. The van der Waals surface area contributed by atoms with Crippen LogP contribution in [0.2, 0.25) is 15.1 Å². The second-order valence-electron chi connectivity index (χ2n) is 9.50. The predicted molar refractivity (Wildman–Crippen MR) is 137 cm³/mol. The van der Waals surface area contributed by atoms with Crippen LogP contribution in [0.1, 0.15) is 53.7 Å². The minimum Gasteiger partial charge on any atom is -0.448 e. The van der Waals surface area contributed by atoms with E-state index in [0.717, 1.165) is 30.3 Å². The Morgan fingerprint density at radius 2 is 1.56 bits per heavy atom. The van der Waals surface area contributed by atoms with Crippen LogP contribution in [0.3, 0.4) is 0 Å². The lowest BCUT2D eigenvalue weighted by atomic mass is 9.87. The highest BCUT2D eigenvalue weighted by Gasteiger charge is 2.40. The summed E-state index contributed by atoms with van der Waals surface area (Å²) in [6.45, 7) is 4.56. The summed E-state index contributed by atoms with van der Waals surface area (Å²) in [5, 5.41) is 1.78. The maximum absolute atomic E-state index is 13.9. The molecule has 0 aliphatic rings. The molecule has 14 heteroatoms. The second kappa shape index (κ2) is 12.3. The lowest BCUT2D eigenvalue weighted by Gasteiger charge is -2.31. The van der Waals surface area contributed by atoms with Gasteiger partial charge in [0.25, 0.3) is 5.91 Å². The SMILES string of the molecule is CC(C)(C)C(COC(N)=O)NC(=O)c1ccc(/C=C/C(c2cc(Cl)c(Cl)c(Cl)c2)C(F)(F)F)cc1C(F)(F)F. The summed E-state index contributed by atoms with van der Waals surface area (Å²) < 4.78 is 87.7. The molecule has 3 N–H and O–H groups in total. The zero-order valence-corrected chi connectivity index (χ0v) is 22.9. The molecule has 0 saturated carbocycles. The van der Waals surface area contributed by atoms with Gasteiger partial charge in [-0.3, -0.25) is 4.79 Å². The maximum Gasteiger partial charge on any atom is 0.417 e. The van der Waals surface area contributed by atoms with Crippen molar-refractivity contribution in [2.75, 3.05) is 6.61 Å². The van der Waals surface area contributed by atoms with Crippen molar-refractivity contribution in [2.24, 2.45) is 11.1 Å². The first-order chi connectivity index (χ1) is 17.7. The number of benzene rings is 2. The Bertz CT molecular complexity index is 1230. The fourth-order valence-corrected chi connectivity index (χ4v) is 3.99. The molecule has 2 atom stereocenters. The van der Waals surface area contributed by atoms with Crippen LogP contribution in [0.15, 0.2) is 36.4 Å². The Hall–Kier alpha value is -2.63. The first-order valence-electron chi connectivity index (χ1n) is 11.1. The molecule has 0 fully saturated rings. The normalized spacial score (nSPS) is 14.3. The number of amides is 2. The minimum atomic E-state index is -5.03. The van der Waals surface area contributed by atoms with Gasteiger partial charge in [-0.15, -0.1) is 0 Å². The van der Waals surface area contributed by atoms with E-state index in [1.807, 2.05) is 0 Å². The van der Waals surface area contributed by atoms with Crippen molar-refractivity contribution in [3.05, 3.63) is 73.7 Å². The van der Waals surface area contributed by atoms with Gasteiger partial charge in [-0.05, 0) is 40.8 Å². The van der Waals surface area contributed by atoms with Gasteiger partial charge in [-0.2, -0.15) is 26.3 Å². The van der Waals surface area contributed by atoms with Crippen molar-refractivity contribution < 1.29 is 40.7 Å². The smallest absolute Gasteiger partial charge is 0.417 e. The number of ether oxygens (including phenoxy) is 1. The van der Waals surface area contributed by atoms with Crippen LogP contribution in [-0.2, 0) is 10.9 Å². The number of nitrogens with two attached hydrogens (primary N) is 1. The predicted octanol–water partition coefficient (Wildman–Crippen LogP) is 8.26. The number of halogens is 9. The zero-order chi connectivity index (χ0) is 29.9. The van der Waals surface area contributed by atoms with E-state index in [0.29, 0.717) is 12.1 Å². The first-order valence-corrected chi connectivity index (χ1v) is 12.2. The van der Waals surface area contributed by atoms with Crippen molar-refractivity contribution in [2.45, 2.75) is 45.1 Å². The third-order valence-electron chi connectivity index (χ3n) is 5.54. The number of rotatable bonds is 7. The van der Waals surface area contributed by atoms with Crippen molar-refractivity contribution in [1.82, 2.24) is 5.32 Å². The van der Waals surface area contributed by atoms with Gasteiger partial charge in [0, 0.05) is 0 Å². The molecule has 0 spiro atoms. The number of hydrogen-bond donors (Lipinski definition) is 2. The summed E-state index contributed by atoms with van der Waals surface area (Å²) in [5.41, 5.74) is 1.39. The van der Waals surface area contributed by atoms with E-state index in [1.54, 1.807) is 20.8 Å². The molecule has 2 unspecified atom stereocenters. The van der Waals surface area contributed by atoms with E-state index in [9.17, 15) is 35.9 Å². The summed E-state index contributed by atoms with van der Waals surface area (Å²) in [4.78, 5) is 23.8. The highest BCUT2D eigenvalue weighted by molar-refractivity contribution is 6.48. The van der Waals surface area contributed by atoms with Crippen molar-refractivity contribution in [3.8, 4) is 0 Å². The second-order valence-corrected chi connectivity index (χ2v) is 10.7. The summed E-state index contributed by atoms with van der Waals surface area (Å²) in [6.07, 6.45) is -9.53. The number of alkyl halides is 6. The van der Waals surface area contributed by atoms with E-state index in [4.69, 9.17) is 45.3 Å². The zero-order valence-electron chi connectivity index (χ0n) is 20.6. The van der Waals surface area contributed by atoms with E-state index in [-0.39, 0.29) is 26.2 Å². The molecule has 0 heterocycles. The molecule has 0 aromatic heterocycles. The van der Waals surface area contributed by atoms with E-state index in [1.165, 1.54) is 0 Å². The van der Waals surface area contributed by atoms with Crippen molar-refractivity contribution >= 4 is 52.9 Å². The quantitative estimate of drug-likeness (QED) is 0.242. The monoisotopic (exact) mass is 618 g/mol.